The van der Waals surface area contributed by atoms with Crippen molar-refractivity contribution in [2.24, 2.45) is 0 Å². The van der Waals surface area contributed by atoms with Gasteiger partial charge in [0.15, 0.2) is 0 Å². The lowest BCUT2D eigenvalue weighted by Crippen LogP contribution is -1.82. The molecule has 3 aromatic rings. The summed E-state index contributed by atoms with van der Waals surface area (Å²) >= 11 is 0. The number of rotatable bonds is 2. The average Bonchev–Trinajstić information content (AvgIpc) is 2.94. The topological polar surface area (TPSA) is 54.5 Å². The Morgan fingerprint density at radius 1 is 0.722 bits per heavy atom. The highest BCUT2D eigenvalue weighted by Gasteiger charge is 2.02. The van der Waals surface area contributed by atoms with Gasteiger partial charge in [0.05, 0.1) is 0 Å². The lowest BCUT2D eigenvalue weighted by Gasteiger charge is -2.01. The molecule has 3 rings (SSSR count). The first-order valence-electron chi connectivity index (χ1n) is 5.33. The number of hydrogen-bond donors (Lipinski definition) is 1. The third-order valence-electron chi connectivity index (χ3n) is 2.60. The molecule has 0 atom stereocenters. The van der Waals surface area contributed by atoms with E-state index >= 15 is 0 Å². The molecule has 0 spiro atoms. The van der Waals surface area contributed by atoms with Crippen LogP contribution in [0.5, 0.6) is 0 Å². The highest BCUT2D eigenvalue weighted by molar-refractivity contribution is 8.93. The lowest BCUT2D eigenvalue weighted by atomic mass is 10.0. The van der Waals surface area contributed by atoms with Gasteiger partial charge in [-0.05, 0) is 16.3 Å². The first-order valence-corrected chi connectivity index (χ1v) is 5.33. The Kier molecular flexibility index (Phi) is 3.84. The molecule has 90 valence electrons. The fourth-order valence-corrected chi connectivity index (χ4v) is 1.73. The fraction of sp³-hybridized carbons (Fsp3) is 0. The number of aromatic amines is 1. The zero-order valence-electron chi connectivity index (χ0n) is 9.45. The summed E-state index contributed by atoms with van der Waals surface area (Å²) in [6.45, 7) is 0. The summed E-state index contributed by atoms with van der Waals surface area (Å²) in [5.74, 6) is 0.615. The summed E-state index contributed by atoms with van der Waals surface area (Å²) < 4.78 is 0. The standard InChI is InChI=1S/C13H10N4.BrH/c1-2-4-10(5-3-1)11-6-8-12(9-7-11)13-14-16-17-15-13;/h1-9H,(H,14,15,16,17);1H. The van der Waals surface area contributed by atoms with Crippen molar-refractivity contribution < 1.29 is 0 Å². The minimum atomic E-state index is 0. The van der Waals surface area contributed by atoms with E-state index in [4.69, 9.17) is 0 Å². The molecule has 4 nitrogen and oxygen atoms in total. The number of hydrogen-bond acceptors (Lipinski definition) is 3. The van der Waals surface area contributed by atoms with Crippen LogP contribution < -0.4 is 0 Å². The fourth-order valence-electron chi connectivity index (χ4n) is 1.73. The minimum Gasteiger partial charge on any atom is -0.177 e. The van der Waals surface area contributed by atoms with Crippen LogP contribution in [0.4, 0.5) is 0 Å². The number of halogens is 1. The van der Waals surface area contributed by atoms with Crippen LogP contribution in [0.3, 0.4) is 0 Å². The maximum Gasteiger partial charge on any atom is 0.204 e. The van der Waals surface area contributed by atoms with E-state index in [1.54, 1.807) is 0 Å². The van der Waals surface area contributed by atoms with E-state index in [-0.39, 0.29) is 17.0 Å². The van der Waals surface area contributed by atoms with E-state index < -0.39 is 0 Å². The molecule has 2 aromatic carbocycles. The van der Waals surface area contributed by atoms with Gasteiger partial charge >= 0.3 is 0 Å². The van der Waals surface area contributed by atoms with Crippen LogP contribution in [0.15, 0.2) is 54.6 Å². The van der Waals surface area contributed by atoms with Gasteiger partial charge in [-0.1, -0.05) is 54.6 Å². The molecular formula is C13H11BrN4. The van der Waals surface area contributed by atoms with E-state index in [2.05, 4.69) is 44.9 Å². The van der Waals surface area contributed by atoms with Crippen molar-refractivity contribution in [3.05, 3.63) is 54.6 Å². The third-order valence-corrected chi connectivity index (χ3v) is 2.60. The largest absolute Gasteiger partial charge is 0.204 e. The summed E-state index contributed by atoms with van der Waals surface area (Å²) in [5.41, 5.74) is 3.34. The molecule has 1 N–H and O–H groups in total. The molecule has 0 saturated heterocycles. The summed E-state index contributed by atoms with van der Waals surface area (Å²) in [6.07, 6.45) is 0. The van der Waals surface area contributed by atoms with Crippen molar-refractivity contribution in [2.45, 2.75) is 0 Å². The van der Waals surface area contributed by atoms with Crippen LogP contribution >= 0.6 is 17.0 Å². The Hall–Kier alpha value is -2.01. The van der Waals surface area contributed by atoms with Crippen molar-refractivity contribution >= 4 is 17.0 Å². The zero-order valence-corrected chi connectivity index (χ0v) is 11.2. The quantitative estimate of drug-likeness (QED) is 0.791. The Morgan fingerprint density at radius 3 is 1.94 bits per heavy atom. The van der Waals surface area contributed by atoms with Gasteiger partial charge in [0.25, 0.3) is 0 Å². The number of aromatic nitrogens is 4. The molecule has 1 heterocycles. The van der Waals surface area contributed by atoms with Crippen LogP contribution in [-0.2, 0) is 0 Å². The molecule has 0 unspecified atom stereocenters. The number of nitrogens with zero attached hydrogens (tertiary/aromatic N) is 3. The third kappa shape index (κ3) is 2.46. The molecule has 0 aliphatic heterocycles. The highest BCUT2D eigenvalue weighted by Crippen LogP contribution is 2.22. The van der Waals surface area contributed by atoms with E-state index in [0.29, 0.717) is 5.82 Å². The maximum absolute atomic E-state index is 3.94. The molecular weight excluding hydrogens is 292 g/mol. The lowest BCUT2D eigenvalue weighted by molar-refractivity contribution is 0.881. The average molecular weight is 303 g/mol. The van der Waals surface area contributed by atoms with Gasteiger partial charge in [-0.15, -0.1) is 27.2 Å². The summed E-state index contributed by atoms with van der Waals surface area (Å²) in [5, 5.41) is 13.9. The maximum atomic E-state index is 3.94. The molecule has 0 saturated carbocycles. The normalized spacial score (nSPS) is 9.78. The SMILES string of the molecule is Br.c1ccc(-c2ccc(-c3nn[nH]n3)cc2)cc1. The second kappa shape index (κ2) is 5.55. The summed E-state index contributed by atoms with van der Waals surface area (Å²) in [4.78, 5) is 0. The van der Waals surface area contributed by atoms with Crippen molar-refractivity contribution in [1.82, 2.24) is 20.6 Å². The molecule has 18 heavy (non-hydrogen) atoms. The summed E-state index contributed by atoms with van der Waals surface area (Å²) in [6, 6.07) is 18.3. The molecule has 0 amide bonds. The predicted molar refractivity (Wildman–Crippen MR) is 75.4 cm³/mol. The first kappa shape index (κ1) is 12.4. The van der Waals surface area contributed by atoms with Crippen LogP contribution in [0.1, 0.15) is 0 Å². The Bertz CT molecular complexity index is 591. The second-order valence-electron chi connectivity index (χ2n) is 3.68. The minimum absolute atomic E-state index is 0. The molecule has 5 heteroatoms. The zero-order chi connectivity index (χ0) is 11.5. The number of nitrogens with one attached hydrogen (secondary N) is 1. The van der Waals surface area contributed by atoms with Gasteiger partial charge in [0.2, 0.25) is 5.82 Å². The van der Waals surface area contributed by atoms with Gasteiger partial charge in [-0.2, -0.15) is 5.21 Å². The van der Waals surface area contributed by atoms with E-state index in [1.165, 1.54) is 11.1 Å². The van der Waals surface area contributed by atoms with Crippen LogP contribution in [-0.4, -0.2) is 20.6 Å². The van der Waals surface area contributed by atoms with E-state index in [0.717, 1.165) is 5.56 Å². The van der Waals surface area contributed by atoms with Gasteiger partial charge in [0.1, 0.15) is 0 Å². The van der Waals surface area contributed by atoms with Gasteiger partial charge in [-0.25, -0.2) is 0 Å². The smallest absolute Gasteiger partial charge is 0.177 e. The predicted octanol–water partition coefficient (Wildman–Crippen LogP) is 3.11. The molecule has 0 aliphatic carbocycles. The number of benzene rings is 2. The molecule has 0 aliphatic rings. The van der Waals surface area contributed by atoms with Crippen molar-refractivity contribution in [3.8, 4) is 22.5 Å². The van der Waals surface area contributed by atoms with Crippen molar-refractivity contribution in [1.29, 1.82) is 0 Å². The van der Waals surface area contributed by atoms with Crippen molar-refractivity contribution in [3.63, 3.8) is 0 Å². The highest BCUT2D eigenvalue weighted by atomic mass is 79.9. The number of tetrazole rings is 1. The van der Waals surface area contributed by atoms with Gasteiger partial charge in [-0.3, -0.25) is 0 Å². The first-order chi connectivity index (χ1) is 8.43. The van der Waals surface area contributed by atoms with Gasteiger partial charge < -0.3 is 0 Å². The molecule has 0 bridgehead atoms. The Balaban J connectivity index is 0.00000120. The van der Waals surface area contributed by atoms with Crippen LogP contribution in [0.2, 0.25) is 0 Å². The second-order valence-corrected chi connectivity index (χ2v) is 3.68. The molecule has 1 aromatic heterocycles. The Morgan fingerprint density at radius 2 is 1.33 bits per heavy atom. The number of H-pyrrole nitrogens is 1. The monoisotopic (exact) mass is 302 g/mol. The van der Waals surface area contributed by atoms with Crippen molar-refractivity contribution in [2.75, 3.05) is 0 Å². The van der Waals surface area contributed by atoms with Crippen LogP contribution in [0.25, 0.3) is 22.5 Å². The Labute approximate surface area is 115 Å². The van der Waals surface area contributed by atoms with Crippen LogP contribution in [0, 0.1) is 0 Å². The van der Waals surface area contributed by atoms with E-state index in [1.807, 2.05) is 30.3 Å². The van der Waals surface area contributed by atoms with Gasteiger partial charge in [0, 0.05) is 5.56 Å². The molecule has 0 fully saturated rings. The molecule has 0 radical (unpaired) electrons. The summed E-state index contributed by atoms with van der Waals surface area (Å²) in [7, 11) is 0. The van der Waals surface area contributed by atoms with E-state index in [9.17, 15) is 0 Å².